The molecule has 116 valence electrons. The highest BCUT2D eigenvalue weighted by Crippen LogP contribution is 2.18. The molecule has 1 amide bonds. The number of hydrogen-bond acceptors (Lipinski definition) is 4. The Hall–Kier alpha value is -2.43. The maximum absolute atomic E-state index is 12.3. The molecule has 1 heterocycles. The predicted octanol–water partition coefficient (Wildman–Crippen LogP) is 3.56. The van der Waals surface area contributed by atoms with Crippen molar-refractivity contribution in [3.05, 3.63) is 47.3 Å². The lowest BCUT2D eigenvalue weighted by atomic mass is 10.1. The molecular weight excluding hydrogens is 276 g/mol. The Balaban J connectivity index is 2.09. The van der Waals surface area contributed by atoms with Crippen LogP contribution >= 0.6 is 0 Å². The second-order valence-electron chi connectivity index (χ2n) is 5.25. The quantitative estimate of drug-likeness (QED) is 0.800. The molecule has 0 unspecified atom stereocenters. The number of amides is 1. The topological polar surface area (TPSA) is 66.9 Å². The Morgan fingerprint density at radius 2 is 2.05 bits per heavy atom. The first-order chi connectivity index (χ1) is 10.6. The molecule has 1 aromatic heterocycles. The summed E-state index contributed by atoms with van der Waals surface area (Å²) >= 11 is 0. The molecule has 0 aliphatic carbocycles. The number of anilines is 2. The summed E-state index contributed by atoms with van der Waals surface area (Å²) in [5, 5.41) is 6.03. The lowest BCUT2D eigenvalue weighted by Crippen LogP contribution is -2.16. The Bertz CT molecular complexity index is 655. The summed E-state index contributed by atoms with van der Waals surface area (Å²) < 4.78 is 0. The number of carbonyl (C=O) groups is 1. The van der Waals surface area contributed by atoms with Crippen LogP contribution in [0.1, 0.15) is 41.4 Å². The molecule has 0 fully saturated rings. The summed E-state index contributed by atoms with van der Waals surface area (Å²) in [5.41, 5.74) is 3.37. The van der Waals surface area contributed by atoms with Gasteiger partial charge in [0.05, 0.1) is 0 Å². The second kappa shape index (κ2) is 7.54. The van der Waals surface area contributed by atoms with E-state index < -0.39 is 0 Å². The fourth-order valence-corrected chi connectivity index (χ4v) is 2.02. The predicted molar refractivity (Wildman–Crippen MR) is 89.3 cm³/mol. The summed E-state index contributed by atoms with van der Waals surface area (Å²) in [5.74, 6) is 0.261. The van der Waals surface area contributed by atoms with Crippen molar-refractivity contribution in [2.24, 2.45) is 0 Å². The average Bonchev–Trinajstić information content (AvgIpc) is 2.52. The zero-order valence-electron chi connectivity index (χ0n) is 13.3. The smallest absolute Gasteiger partial charge is 0.274 e. The van der Waals surface area contributed by atoms with Gasteiger partial charge in [-0.25, -0.2) is 9.97 Å². The zero-order valence-corrected chi connectivity index (χ0v) is 13.3. The highest BCUT2D eigenvalue weighted by Gasteiger charge is 2.11. The first-order valence-electron chi connectivity index (χ1n) is 7.56. The summed E-state index contributed by atoms with van der Waals surface area (Å²) in [6.07, 6.45) is 3.74. The average molecular weight is 298 g/mol. The number of aromatic nitrogens is 2. The molecule has 1 aromatic carbocycles. The van der Waals surface area contributed by atoms with Crippen LogP contribution in [-0.2, 0) is 0 Å². The van der Waals surface area contributed by atoms with Crippen molar-refractivity contribution in [3.8, 4) is 0 Å². The number of rotatable bonds is 6. The van der Waals surface area contributed by atoms with Gasteiger partial charge in [0.2, 0.25) is 5.95 Å². The number of nitrogens with one attached hydrogen (secondary N) is 2. The van der Waals surface area contributed by atoms with Crippen LogP contribution in [-0.4, -0.2) is 22.4 Å². The van der Waals surface area contributed by atoms with E-state index in [-0.39, 0.29) is 5.91 Å². The van der Waals surface area contributed by atoms with Crippen LogP contribution in [0.5, 0.6) is 0 Å². The summed E-state index contributed by atoms with van der Waals surface area (Å²) in [6, 6.07) is 7.45. The summed E-state index contributed by atoms with van der Waals surface area (Å²) in [4.78, 5) is 20.7. The number of nitrogens with zero attached hydrogens (tertiary/aromatic N) is 2. The molecule has 0 saturated carbocycles. The van der Waals surface area contributed by atoms with Crippen LogP contribution < -0.4 is 10.6 Å². The lowest BCUT2D eigenvalue weighted by Gasteiger charge is -2.10. The highest BCUT2D eigenvalue weighted by molar-refractivity contribution is 6.03. The van der Waals surface area contributed by atoms with Gasteiger partial charge in [0.15, 0.2) is 0 Å². The van der Waals surface area contributed by atoms with Crippen LogP contribution in [0.4, 0.5) is 11.6 Å². The van der Waals surface area contributed by atoms with Gasteiger partial charge >= 0.3 is 0 Å². The molecule has 0 bridgehead atoms. The van der Waals surface area contributed by atoms with Gasteiger partial charge in [-0.3, -0.25) is 4.79 Å². The summed E-state index contributed by atoms with van der Waals surface area (Å²) in [6.45, 7) is 6.93. The van der Waals surface area contributed by atoms with E-state index in [4.69, 9.17) is 0 Å². The van der Waals surface area contributed by atoms with E-state index in [0.717, 1.165) is 36.2 Å². The second-order valence-corrected chi connectivity index (χ2v) is 5.25. The molecule has 5 nitrogen and oxygen atoms in total. The van der Waals surface area contributed by atoms with E-state index in [1.165, 1.54) is 0 Å². The minimum atomic E-state index is -0.227. The minimum Gasteiger partial charge on any atom is -0.354 e. The van der Waals surface area contributed by atoms with Crippen molar-refractivity contribution in [2.45, 2.75) is 33.6 Å². The standard InChI is InChI=1S/C17H22N4O/c1-4-5-10-18-17-19-11-9-15(21-17)16(22)20-14-8-6-7-12(2)13(14)3/h6-9,11H,4-5,10H2,1-3H3,(H,20,22)(H,18,19,21). The van der Waals surface area contributed by atoms with E-state index in [9.17, 15) is 4.79 Å². The van der Waals surface area contributed by atoms with Gasteiger partial charge in [0.1, 0.15) is 5.69 Å². The first-order valence-corrected chi connectivity index (χ1v) is 7.56. The molecule has 0 aliphatic heterocycles. The van der Waals surface area contributed by atoms with Crippen molar-refractivity contribution in [2.75, 3.05) is 17.2 Å². The fraction of sp³-hybridized carbons (Fsp3) is 0.353. The van der Waals surface area contributed by atoms with Crippen LogP contribution in [0.25, 0.3) is 0 Å². The van der Waals surface area contributed by atoms with Crippen LogP contribution in [0.2, 0.25) is 0 Å². The van der Waals surface area contributed by atoms with Crippen molar-refractivity contribution in [3.63, 3.8) is 0 Å². The van der Waals surface area contributed by atoms with Crippen molar-refractivity contribution >= 4 is 17.5 Å². The normalized spacial score (nSPS) is 10.3. The van der Waals surface area contributed by atoms with Crippen molar-refractivity contribution < 1.29 is 4.79 Å². The van der Waals surface area contributed by atoms with Crippen LogP contribution in [0.3, 0.4) is 0 Å². The maximum Gasteiger partial charge on any atom is 0.274 e. The Morgan fingerprint density at radius 3 is 2.82 bits per heavy atom. The van der Waals surface area contributed by atoms with Crippen molar-refractivity contribution in [1.82, 2.24) is 9.97 Å². The fourth-order valence-electron chi connectivity index (χ4n) is 2.02. The number of aryl methyl sites for hydroxylation is 1. The third-order valence-corrected chi connectivity index (χ3v) is 3.55. The number of hydrogen-bond donors (Lipinski definition) is 2. The molecule has 0 atom stereocenters. The lowest BCUT2D eigenvalue weighted by molar-refractivity contribution is 0.102. The SMILES string of the molecule is CCCCNc1nccc(C(=O)Nc2cccc(C)c2C)n1. The van der Waals surface area contributed by atoms with Gasteiger partial charge in [-0.15, -0.1) is 0 Å². The molecular formula is C17H22N4O. The molecule has 2 N–H and O–H groups in total. The van der Waals surface area contributed by atoms with E-state index in [1.807, 2.05) is 32.0 Å². The van der Waals surface area contributed by atoms with Crippen LogP contribution in [0.15, 0.2) is 30.5 Å². The Kier molecular flexibility index (Phi) is 5.47. The molecule has 0 aliphatic rings. The third-order valence-electron chi connectivity index (χ3n) is 3.55. The maximum atomic E-state index is 12.3. The van der Waals surface area contributed by atoms with E-state index in [1.54, 1.807) is 12.3 Å². The third kappa shape index (κ3) is 4.04. The Morgan fingerprint density at radius 1 is 1.23 bits per heavy atom. The molecule has 22 heavy (non-hydrogen) atoms. The monoisotopic (exact) mass is 298 g/mol. The molecule has 0 radical (unpaired) electrons. The zero-order chi connectivity index (χ0) is 15.9. The van der Waals surface area contributed by atoms with Gasteiger partial charge in [-0.2, -0.15) is 0 Å². The number of benzene rings is 1. The number of unbranched alkanes of at least 4 members (excludes halogenated alkanes) is 1. The van der Waals surface area contributed by atoms with Gasteiger partial charge in [0.25, 0.3) is 5.91 Å². The van der Waals surface area contributed by atoms with E-state index in [2.05, 4.69) is 27.5 Å². The van der Waals surface area contributed by atoms with Gasteiger partial charge in [-0.1, -0.05) is 25.5 Å². The molecule has 0 saturated heterocycles. The van der Waals surface area contributed by atoms with E-state index in [0.29, 0.717) is 11.6 Å². The molecule has 5 heteroatoms. The van der Waals surface area contributed by atoms with Crippen molar-refractivity contribution in [1.29, 1.82) is 0 Å². The molecule has 0 spiro atoms. The van der Waals surface area contributed by atoms with Gasteiger partial charge < -0.3 is 10.6 Å². The highest BCUT2D eigenvalue weighted by atomic mass is 16.1. The van der Waals surface area contributed by atoms with Gasteiger partial charge in [0, 0.05) is 18.4 Å². The van der Waals surface area contributed by atoms with Gasteiger partial charge in [-0.05, 0) is 43.5 Å². The van der Waals surface area contributed by atoms with Crippen LogP contribution in [0, 0.1) is 13.8 Å². The molecule has 2 rings (SSSR count). The summed E-state index contributed by atoms with van der Waals surface area (Å²) in [7, 11) is 0. The first kappa shape index (κ1) is 15.9. The minimum absolute atomic E-state index is 0.227. The Labute approximate surface area is 131 Å². The largest absolute Gasteiger partial charge is 0.354 e. The molecule has 2 aromatic rings. The number of carbonyl (C=O) groups excluding carboxylic acids is 1. The van der Waals surface area contributed by atoms with E-state index >= 15 is 0 Å².